The highest BCUT2D eigenvalue weighted by atomic mass is 32.2. The van der Waals surface area contributed by atoms with Gasteiger partial charge in [0.15, 0.2) is 0 Å². The van der Waals surface area contributed by atoms with Crippen molar-refractivity contribution < 1.29 is 18.7 Å². The van der Waals surface area contributed by atoms with Gasteiger partial charge < -0.3 is 9.15 Å². The van der Waals surface area contributed by atoms with Crippen molar-refractivity contribution in [1.29, 1.82) is 0 Å². The van der Waals surface area contributed by atoms with Crippen LogP contribution >= 0.6 is 23.5 Å². The molecule has 27 heavy (non-hydrogen) atoms. The molecule has 2 aromatic rings. The standard InChI is InChI=1S/C20H17NO4S2/c1-3-11-26-20-21-16(19(23)27-20)12-15-9-10-17(25-15)13-5-7-14(8-6-13)18(22)24-4-2/h3,5-10,12H,1,4,11H2,2H3/b16-12+. The third-order valence-corrected chi connectivity index (χ3v) is 5.52. The van der Waals surface area contributed by atoms with E-state index in [1.54, 1.807) is 49.4 Å². The van der Waals surface area contributed by atoms with Crippen LogP contribution in [-0.2, 0) is 9.53 Å². The number of benzene rings is 1. The van der Waals surface area contributed by atoms with E-state index in [0.717, 1.165) is 17.3 Å². The van der Waals surface area contributed by atoms with E-state index >= 15 is 0 Å². The lowest BCUT2D eigenvalue weighted by Gasteiger charge is -2.02. The third kappa shape index (κ3) is 4.81. The average Bonchev–Trinajstić information content (AvgIpc) is 3.27. The van der Waals surface area contributed by atoms with Gasteiger partial charge in [0.1, 0.15) is 21.6 Å². The fraction of sp³-hybridized carbons (Fsp3) is 0.150. The SMILES string of the molecule is C=CCSC1=N/C(=C/c2ccc(-c3ccc(C(=O)OCC)cc3)o2)C(=O)S1. The minimum atomic E-state index is -0.353. The summed E-state index contributed by atoms with van der Waals surface area (Å²) in [4.78, 5) is 28.1. The van der Waals surface area contributed by atoms with Crippen LogP contribution in [0.5, 0.6) is 0 Å². The Morgan fingerprint density at radius 3 is 2.78 bits per heavy atom. The molecule has 0 saturated carbocycles. The molecule has 1 aliphatic rings. The van der Waals surface area contributed by atoms with Crippen LogP contribution in [0.4, 0.5) is 0 Å². The Morgan fingerprint density at radius 1 is 1.30 bits per heavy atom. The minimum absolute atomic E-state index is 0.0988. The molecule has 3 rings (SSSR count). The van der Waals surface area contributed by atoms with Crippen molar-refractivity contribution in [3.63, 3.8) is 0 Å². The Kier molecular flexibility index (Phi) is 6.36. The van der Waals surface area contributed by atoms with Crippen molar-refractivity contribution in [3.05, 3.63) is 66.1 Å². The molecular formula is C20H17NO4S2. The average molecular weight is 399 g/mol. The summed E-state index contributed by atoms with van der Waals surface area (Å²) in [5.74, 6) is 1.54. The van der Waals surface area contributed by atoms with E-state index in [9.17, 15) is 9.59 Å². The summed E-state index contributed by atoms with van der Waals surface area (Å²) in [5.41, 5.74) is 1.68. The molecule has 7 heteroatoms. The third-order valence-electron chi connectivity index (χ3n) is 3.51. The van der Waals surface area contributed by atoms with Crippen LogP contribution in [0.3, 0.4) is 0 Å². The summed E-state index contributed by atoms with van der Waals surface area (Å²) in [6.45, 7) is 5.76. The maximum Gasteiger partial charge on any atom is 0.338 e. The van der Waals surface area contributed by atoms with Crippen molar-refractivity contribution in [2.75, 3.05) is 12.4 Å². The van der Waals surface area contributed by atoms with E-state index < -0.39 is 0 Å². The molecule has 1 aliphatic heterocycles. The molecule has 138 valence electrons. The summed E-state index contributed by atoms with van der Waals surface area (Å²) in [6.07, 6.45) is 3.40. The van der Waals surface area contributed by atoms with Crippen LogP contribution in [0.25, 0.3) is 17.4 Å². The van der Waals surface area contributed by atoms with Crippen molar-refractivity contribution in [1.82, 2.24) is 0 Å². The molecule has 0 spiro atoms. The summed E-state index contributed by atoms with van der Waals surface area (Å²) >= 11 is 2.59. The summed E-state index contributed by atoms with van der Waals surface area (Å²) in [6, 6.07) is 10.6. The van der Waals surface area contributed by atoms with Gasteiger partial charge in [-0.15, -0.1) is 6.58 Å². The first-order valence-corrected chi connectivity index (χ1v) is 10.0. The van der Waals surface area contributed by atoms with E-state index in [-0.39, 0.29) is 11.1 Å². The number of carbonyl (C=O) groups excluding carboxylic acids is 2. The molecule has 0 saturated heterocycles. The topological polar surface area (TPSA) is 68.9 Å². The highest BCUT2D eigenvalue weighted by Gasteiger charge is 2.22. The number of hydrogen-bond donors (Lipinski definition) is 0. The number of thioether (sulfide) groups is 2. The first kappa shape index (κ1) is 19.3. The first-order chi connectivity index (χ1) is 13.1. The maximum atomic E-state index is 12.0. The zero-order valence-electron chi connectivity index (χ0n) is 14.6. The van der Waals surface area contributed by atoms with Crippen molar-refractivity contribution >= 4 is 45.1 Å². The molecule has 0 atom stereocenters. The minimum Gasteiger partial charge on any atom is -0.462 e. The van der Waals surface area contributed by atoms with Crippen molar-refractivity contribution in [2.24, 2.45) is 4.99 Å². The van der Waals surface area contributed by atoms with Crippen molar-refractivity contribution in [2.45, 2.75) is 6.92 Å². The zero-order chi connectivity index (χ0) is 19.2. The molecule has 0 amide bonds. The van der Waals surface area contributed by atoms with Crippen LogP contribution in [0.15, 0.2) is 64.2 Å². The zero-order valence-corrected chi connectivity index (χ0v) is 16.3. The van der Waals surface area contributed by atoms with Crippen LogP contribution < -0.4 is 0 Å². The van der Waals surface area contributed by atoms with E-state index in [0.29, 0.717) is 39.5 Å². The second kappa shape index (κ2) is 8.92. The highest BCUT2D eigenvalue weighted by molar-refractivity contribution is 8.45. The molecule has 0 N–H and O–H groups in total. The van der Waals surface area contributed by atoms with Crippen LogP contribution in [-0.4, -0.2) is 27.8 Å². The molecule has 0 bridgehead atoms. The fourth-order valence-corrected chi connectivity index (χ4v) is 3.89. The molecule has 0 aliphatic carbocycles. The number of aliphatic imine (C=N–C) groups is 1. The number of carbonyl (C=O) groups is 2. The molecular weight excluding hydrogens is 382 g/mol. The second-order valence-electron chi connectivity index (χ2n) is 5.40. The molecule has 5 nitrogen and oxygen atoms in total. The quantitative estimate of drug-likeness (QED) is 0.386. The number of furan rings is 1. The maximum absolute atomic E-state index is 12.0. The van der Waals surface area contributed by atoms with Crippen LogP contribution in [0.1, 0.15) is 23.0 Å². The van der Waals surface area contributed by atoms with Crippen LogP contribution in [0, 0.1) is 0 Å². The number of rotatable bonds is 6. The van der Waals surface area contributed by atoms with Gasteiger partial charge in [-0.2, -0.15) is 0 Å². The predicted octanol–water partition coefficient (Wildman–Crippen LogP) is 5.01. The fourth-order valence-electron chi connectivity index (χ4n) is 2.29. The van der Waals surface area contributed by atoms with Gasteiger partial charge in [-0.05, 0) is 43.0 Å². The monoisotopic (exact) mass is 399 g/mol. The van der Waals surface area contributed by atoms with Crippen molar-refractivity contribution in [3.8, 4) is 11.3 Å². The lowest BCUT2D eigenvalue weighted by molar-refractivity contribution is -0.107. The van der Waals surface area contributed by atoms with E-state index in [2.05, 4.69) is 11.6 Å². The van der Waals surface area contributed by atoms with E-state index in [1.807, 2.05) is 6.07 Å². The lowest BCUT2D eigenvalue weighted by atomic mass is 10.1. The lowest BCUT2D eigenvalue weighted by Crippen LogP contribution is -2.03. The van der Waals surface area contributed by atoms with E-state index in [4.69, 9.17) is 9.15 Å². The normalized spacial score (nSPS) is 15.1. The Balaban J connectivity index is 1.75. The number of hydrogen-bond acceptors (Lipinski definition) is 7. The molecule has 0 unspecified atom stereocenters. The van der Waals surface area contributed by atoms with Gasteiger partial charge in [0.05, 0.1) is 12.2 Å². The highest BCUT2D eigenvalue weighted by Crippen LogP contribution is 2.32. The molecule has 1 aromatic heterocycles. The number of esters is 1. The largest absolute Gasteiger partial charge is 0.462 e. The molecule has 0 fully saturated rings. The van der Waals surface area contributed by atoms with Gasteiger partial charge in [-0.25, -0.2) is 9.79 Å². The molecule has 2 heterocycles. The van der Waals surface area contributed by atoms with Gasteiger partial charge in [0, 0.05) is 17.4 Å². The smallest absolute Gasteiger partial charge is 0.338 e. The number of ether oxygens (including phenoxy) is 1. The molecule has 0 radical (unpaired) electrons. The van der Waals surface area contributed by atoms with Gasteiger partial charge in [-0.1, -0.05) is 30.0 Å². The Morgan fingerprint density at radius 2 is 2.07 bits per heavy atom. The van der Waals surface area contributed by atoms with Gasteiger partial charge in [0.2, 0.25) is 5.12 Å². The van der Waals surface area contributed by atoms with Gasteiger partial charge in [0.25, 0.3) is 0 Å². The Bertz CT molecular complexity index is 926. The Labute approximate surface area is 165 Å². The van der Waals surface area contributed by atoms with E-state index in [1.165, 1.54) is 11.8 Å². The summed E-state index contributed by atoms with van der Waals surface area (Å²) < 4.78 is 11.5. The van der Waals surface area contributed by atoms with Gasteiger partial charge in [-0.3, -0.25) is 4.79 Å². The predicted molar refractivity (Wildman–Crippen MR) is 111 cm³/mol. The Hall–Kier alpha value is -2.51. The molecule has 1 aromatic carbocycles. The first-order valence-electron chi connectivity index (χ1n) is 8.24. The second-order valence-corrected chi connectivity index (χ2v) is 7.63. The van der Waals surface area contributed by atoms with Gasteiger partial charge >= 0.3 is 5.97 Å². The summed E-state index contributed by atoms with van der Waals surface area (Å²) in [5, 5.41) is -0.0988. The number of nitrogens with zero attached hydrogens (tertiary/aromatic N) is 1. The van der Waals surface area contributed by atoms with Crippen LogP contribution in [0.2, 0.25) is 0 Å². The summed E-state index contributed by atoms with van der Waals surface area (Å²) in [7, 11) is 0.